The Morgan fingerprint density at radius 2 is 1.83 bits per heavy atom. The Labute approximate surface area is 111 Å². The summed E-state index contributed by atoms with van der Waals surface area (Å²) in [6.07, 6.45) is 2.76. The summed E-state index contributed by atoms with van der Waals surface area (Å²) in [5.41, 5.74) is 7.91. The van der Waals surface area contributed by atoms with Crippen LogP contribution in [-0.2, 0) is 6.54 Å². The number of likely N-dealkylation sites (tertiary alicyclic amines) is 1. The number of nitrogen functional groups attached to an aromatic ring is 1. The first-order valence-corrected chi connectivity index (χ1v) is 7.07. The second-order valence-electron chi connectivity index (χ2n) is 5.16. The van der Waals surface area contributed by atoms with E-state index in [-0.39, 0.29) is 0 Å². The van der Waals surface area contributed by atoms with Gasteiger partial charge in [-0.2, -0.15) is 0 Å². The third kappa shape index (κ3) is 4.00. The van der Waals surface area contributed by atoms with Crippen molar-refractivity contribution in [2.45, 2.75) is 26.3 Å². The molecule has 0 amide bonds. The predicted molar refractivity (Wildman–Crippen MR) is 77.5 cm³/mol. The van der Waals surface area contributed by atoms with Gasteiger partial charge in [-0.15, -0.1) is 0 Å². The maximum absolute atomic E-state index is 5.71. The van der Waals surface area contributed by atoms with Gasteiger partial charge in [0.05, 0.1) is 0 Å². The van der Waals surface area contributed by atoms with E-state index >= 15 is 0 Å². The molecule has 0 saturated carbocycles. The van der Waals surface area contributed by atoms with E-state index in [2.05, 4.69) is 28.9 Å². The summed E-state index contributed by atoms with van der Waals surface area (Å²) in [7, 11) is 0. The summed E-state index contributed by atoms with van der Waals surface area (Å²) in [6, 6.07) is 8.25. The van der Waals surface area contributed by atoms with Gasteiger partial charge in [0.2, 0.25) is 0 Å². The minimum Gasteiger partial charge on any atom is -0.399 e. The van der Waals surface area contributed by atoms with Crippen molar-refractivity contribution in [1.82, 2.24) is 9.80 Å². The topological polar surface area (TPSA) is 32.5 Å². The van der Waals surface area contributed by atoms with Crippen LogP contribution in [0.25, 0.3) is 0 Å². The lowest BCUT2D eigenvalue weighted by molar-refractivity contribution is 0.227. The van der Waals surface area contributed by atoms with Crippen molar-refractivity contribution >= 4 is 5.69 Å². The summed E-state index contributed by atoms with van der Waals surface area (Å²) >= 11 is 0. The molecule has 1 aromatic rings. The van der Waals surface area contributed by atoms with Gasteiger partial charge in [-0.25, -0.2) is 0 Å². The second kappa shape index (κ2) is 6.76. The molecule has 0 aliphatic carbocycles. The Bertz CT molecular complexity index is 341. The zero-order valence-corrected chi connectivity index (χ0v) is 11.4. The smallest absolute Gasteiger partial charge is 0.0314 e. The van der Waals surface area contributed by atoms with Crippen LogP contribution in [-0.4, -0.2) is 42.5 Å². The van der Waals surface area contributed by atoms with Crippen molar-refractivity contribution in [3.63, 3.8) is 0 Å². The van der Waals surface area contributed by atoms with E-state index in [1.165, 1.54) is 44.6 Å². The monoisotopic (exact) mass is 247 g/mol. The summed E-state index contributed by atoms with van der Waals surface area (Å²) in [4.78, 5) is 5.08. The largest absolute Gasteiger partial charge is 0.399 e. The first-order valence-electron chi connectivity index (χ1n) is 7.07. The molecule has 0 spiro atoms. The van der Waals surface area contributed by atoms with Gasteiger partial charge in [0.15, 0.2) is 0 Å². The Kier molecular flexibility index (Phi) is 5.02. The third-order valence-corrected chi connectivity index (χ3v) is 3.76. The standard InChI is InChI=1S/C15H25N3/c1-2-17(11-12-18-9-3-4-10-18)13-14-5-7-15(16)8-6-14/h5-8H,2-4,9-13,16H2,1H3. The van der Waals surface area contributed by atoms with Crippen LogP contribution in [0.4, 0.5) is 5.69 Å². The van der Waals surface area contributed by atoms with Crippen molar-refractivity contribution in [2.75, 3.05) is 38.5 Å². The van der Waals surface area contributed by atoms with Crippen LogP contribution in [0.15, 0.2) is 24.3 Å². The van der Waals surface area contributed by atoms with E-state index in [1.54, 1.807) is 0 Å². The highest BCUT2D eigenvalue weighted by Gasteiger charge is 2.12. The molecule has 1 heterocycles. The SMILES string of the molecule is CCN(CCN1CCCC1)Cc1ccc(N)cc1. The van der Waals surface area contributed by atoms with Crippen molar-refractivity contribution in [1.29, 1.82) is 0 Å². The quantitative estimate of drug-likeness (QED) is 0.782. The van der Waals surface area contributed by atoms with Crippen LogP contribution in [0.3, 0.4) is 0 Å². The number of hydrogen-bond donors (Lipinski definition) is 1. The Hall–Kier alpha value is -1.06. The number of nitrogens with zero attached hydrogens (tertiary/aromatic N) is 2. The molecule has 2 N–H and O–H groups in total. The minimum atomic E-state index is 0.846. The fraction of sp³-hybridized carbons (Fsp3) is 0.600. The van der Waals surface area contributed by atoms with E-state index < -0.39 is 0 Å². The lowest BCUT2D eigenvalue weighted by atomic mass is 10.2. The molecule has 3 heteroatoms. The molecule has 1 aromatic carbocycles. The molecule has 0 radical (unpaired) electrons. The van der Waals surface area contributed by atoms with Gasteiger partial charge in [0.25, 0.3) is 0 Å². The van der Waals surface area contributed by atoms with Gasteiger partial charge in [-0.1, -0.05) is 19.1 Å². The van der Waals surface area contributed by atoms with Crippen molar-refractivity contribution < 1.29 is 0 Å². The van der Waals surface area contributed by atoms with Crippen LogP contribution >= 0.6 is 0 Å². The van der Waals surface area contributed by atoms with Crippen molar-refractivity contribution in [2.24, 2.45) is 0 Å². The molecule has 3 nitrogen and oxygen atoms in total. The number of nitrogens with two attached hydrogens (primary N) is 1. The summed E-state index contributed by atoms with van der Waals surface area (Å²) < 4.78 is 0. The summed E-state index contributed by atoms with van der Waals surface area (Å²) in [6.45, 7) is 9.34. The van der Waals surface area contributed by atoms with E-state index in [1.807, 2.05) is 12.1 Å². The summed E-state index contributed by atoms with van der Waals surface area (Å²) in [5, 5.41) is 0. The average molecular weight is 247 g/mol. The van der Waals surface area contributed by atoms with Crippen LogP contribution in [0.5, 0.6) is 0 Å². The molecule has 0 unspecified atom stereocenters. The first-order chi connectivity index (χ1) is 8.78. The molecule has 1 aliphatic heterocycles. The molecular weight excluding hydrogens is 222 g/mol. The Morgan fingerprint density at radius 1 is 1.17 bits per heavy atom. The number of likely N-dealkylation sites (N-methyl/N-ethyl adjacent to an activating group) is 1. The lowest BCUT2D eigenvalue weighted by Gasteiger charge is -2.24. The third-order valence-electron chi connectivity index (χ3n) is 3.76. The normalized spacial score (nSPS) is 16.6. The maximum Gasteiger partial charge on any atom is 0.0314 e. The zero-order chi connectivity index (χ0) is 12.8. The number of anilines is 1. The maximum atomic E-state index is 5.71. The Morgan fingerprint density at radius 3 is 2.44 bits per heavy atom. The van der Waals surface area contributed by atoms with Gasteiger partial charge in [-0.05, 0) is 50.2 Å². The highest BCUT2D eigenvalue weighted by Crippen LogP contribution is 2.10. The van der Waals surface area contributed by atoms with E-state index in [4.69, 9.17) is 5.73 Å². The van der Waals surface area contributed by atoms with Gasteiger partial charge in [0.1, 0.15) is 0 Å². The van der Waals surface area contributed by atoms with Crippen LogP contribution < -0.4 is 5.73 Å². The van der Waals surface area contributed by atoms with Gasteiger partial charge < -0.3 is 10.6 Å². The second-order valence-corrected chi connectivity index (χ2v) is 5.16. The Balaban J connectivity index is 1.79. The van der Waals surface area contributed by atoms with E-state index in [9.17, 15) is 0 Å². The fourth-order valence-electron chi connectivity index (χ4n) is 2.52. The molecule has 0 atom stereocenters. The van der Waals surface area contributed by atoms with Crippen molar-refractivity contribution in [3.8, 4) is 0 Å². The molecule has 0 bridgehead atoms. The molecule has 100 valence electrons. The number of hydrogen-bond acceptors (Lipinski definition) is 3. The number of benzene rings is 1. The van der Waals surface area contributed by atoms with Crippen molar-refractivity contribution in [3.05, 3.63) is 29.8 Å². The van der Waals surface area contributed by atoms with E-state index in [0.717, 1.165) is 18.8 Å². The van der Waals surface area contributed by atoms with E-state index in [0.29, 0.717) is 0 Å². The van der Waals surface area contributed by atoms with Gasteiger partial charge >= 0.3 is 0 Å². The predicted octanol–water partition coefficient (Wildman–Crippen LogP) is 2.19. The molecule has 18 heavy (non-hydrogen) atoms. The highest BCUT2D eigenvalue weighted by molar-refractivity contribution is 5.39. The fourth-order valence-corrected chi connectivity index (χ4v) is 2.52. The zero-order valence-electron chi connectivity index (χ0n) is 11.4. The molecule has 1 aliphatic rings. The summed E-state index contributed by atoms with van der Waals surface area (Å²) in [5.74, 6) is 0. The molecule has 0 aromatic heterocycles. The highest BCUT2D eigenvalue weighted by atomic mass is 15.2. The van der Waals surface area contributed by atoms with Crippen LogP contribution in [0.2, 0.25) is 0 Å². The van der Waals surface area contributed by atoms with Gasteiger partial charge in [0, 0.05) is 25.3 Å². The molecule has 2 rings (SSSR count). The average Bonchev–Trinajstić information content (AvgIpc) is 2.90. The van der Waals surface area contributed by atoms with Crippen LogP contribution in [0.1, 0.15) is 25.3 Å². The molecule has 1 saturated heterocycles. The molecule has 1 fully saturated rings. The first kappa shape index (κ1) is 13.4. The number of rotatable bonds is 6. The van der Waals surface area contributed by atoms with Crippen LogP contribution in [0, 0.1) is 0 Å². The lowest BCUT2D eigenvalue weighted by Crippen LogP contribution is -2.33. The molecular formula is C15H25N3. The van der Waals surface area contributed by atoms with Gasteiger partial charge in [-0.3, -0.25) is 4.90 Å². The minimum absolute atomic E-state index is 0.846.